The molecule has 18 heavy (non-hydrogen) atoms. The summed E-state index contributed by atoms with van der Waals surface area (Å²) >= 11 is 0. The number of hydrogen-bond donors (Lipinski definition) is 2. The summed E-state index contributed by atoms with van der Waals surface area (Å²) in [5, 5.41) is 3.72. The molecule has 0 spiro atoms. The molecule has 0 saturated heterocycles. The molecule has 0 aromatic heterocycles. The van der Waals surface area contributed by atoms with Crippen LogP contribution in [0.3, 0.4) is 0 Å². The van der Waals surface area contributed by atoms with Gasteiger partial charge in [-0.1, -0.05) is 40.0 Å². The molecule has 1 rings (SSSR count). The van der Waals surface area contributed by atoms with Crippen molar-refractivity contribution in [1.82, 2.24) is 5.32 Å². The van der Waals surface area contributed by atoms with Gasteiger partial charge in [-0.3, -0.25) is 0 Å². The van der Waals surface area contributed by atoms with Crippen LogP contribution in [0.1, 0.15) is 65.7 Å². The van der Waals surface area contributed by atoms with E-state index in [1.165, 1.54) is 51.5 Å². The van der Waals surface area contributed by atoms with Crippen molar-refractivity contribution in [2.45, 2.75) is 65.7 Å². The zero-order valence-electron chi connectivity index (χ0n) is 12.8. The summed E-state index contributed by atoms with van der Waals surface area (Å²) in [6.45, 7) is 10.2. The molecule has 0 amide bonds. The van der Waals surface area contributed by atoms with E-state index in [0.717, 1.165) is 19.0 Å². The third kappa shape index (κ3) is 5.27. The van der Waals surface area contributed by atoms with E-state index in [2.05, 4.69) is 26.1 Å². The minimum Gasteiger partial charge on any atom is -0.330 e. The molecule has 3 N–H and O–H groups in total. The molecule has 1 unspecified atom stereocenters. The molecular weight excluding hydrogens is 220 g/mol. The van der Waals surface area contributed by atoms with Gasteiger partial charge in [-0.05, 0) is 56.0 Å². The number of hydrogen-bond acceptors (Lipinski definition) is 2. The monoisotopic (exact) mass is 254 g/mol. The molecule has 0 radical (unpaired) electrons. The van der Waals surface area contributed by atoms with Crippen molar-refractivity contribution in [2.24, 2.45) is 23.0 Å². The summed E-state index contributed by atoms with van der Waals surface area (Å²) < 4.78 is 0. The molecule has 0 heterocycles. The van der Waals surface area contributed by atoms with E-state index in [1.54, 1.807) is 0 Å². The smallest absolute Gasteiger partial charge is 0.000791 e. The number of nitrogens with two attached hydrogens (primary N) is 1. The van der Waals surface area contributed by atoms with Gasteiger partial charge in [0.2, 0.25) is 0 Å². The third-order valence-electron chi connectivity index (χ3n) is 4.65. The molecule has 1 fully saturated rings. The van der Waals surface area contributed by atoms with E-state index in [9.17, 15) is 0 Å². The molecule has 2 nitrogen and oxygen atoms in total. The maximum absolute atomic E-state index is 5.75. The highest BCUT2D eigenvalue weighted by molar-refractivity contribution is 4.87. The number of rotatable bonds is 9. The van der Waals surface area contributed by atoms with Gasteiger partial charge in [-0.15, -0.1) is 0 Å². The topological polar surface area (TPSA) is 38.0 Å². The Labute approximate surface area is 114 Å². The van der Waals surface area contributed by atoms with Gasteiger partial charge in [0.15, 0.2) is 0 Å². The van der Waals surface area contributed by atoms with Gasteiger partial charge in [-0.25, -0.2) is 0 Å². The first-order valence-corrected chi connectivity index (χ1v) is 8.02. The first-order valence-electron chi connectivity index (χ1n) is 8.02. The summed E-state index contributed by atoms with van der Waals surface area (Å²) in [6, 6.07) is 0. The van der Waals surface area contributed by atoms with Gasteiger partial charge in [0, 0.05) is 6.54 Å². The zero-order valence-corrected chi connectivity index (χ0v) is 12.8. The Morgan fingerprint density at radius 3 is 2.39 bits per heavy atom. The van der Waals surface area contributed by atoms with E-state index < -0.39 is 0 Å². The van der Waals surface area contributed by atoms with Crippen molar-refractivity contribution in [3.05, 3.63) is 0 Å². The van der Waals surface area contributed by atoms with Crippen LogP contribution >= 0.6 is 0 Å². The first-order chi connectivity index (χ1) is 8.62. The minimum atomic E-state index is 0.610. The fourth-order valence-electron chi connectivity index (χ4n) is 3.59. The summed E-state index contributed by atoms with van der Waals surface area (Å²) in [7, 11) is 0. The van der Waals surface area contributed by atoms with Crippen molar-refractivity contribution in [3.8, 4) is 0 Å². The van der Waals surface area contributed by atoms with Gasteiger partial charge in [0.05, 0.1) is 0 Å². The highest BCUT2D eigenvalue weighted by atomic mass is 14.9. The van der Waals surface area contributed by atoms with E-state index in [-0.39, 0.29) is 0 Å². The molecular formula is C16H34N2. The predicted octanol–water partition coefficient (Wildman–Crippen LogP) is 3.56. The van der Waals surface area contributed by atoms with Crippen molar-refractivity contribution < 1.29 is 0 Å². The highest BCUT2D eigenvalue weighted by Gasteiger charge is 2.33. The maximum Gasteiger partial charge on any atom is 0.000791 e. The lowest BCUT2D eigenvalue weighted by Gasteiger charge is -2.31. The Balaban J connectivity index is 2.26. The average Bonchev–Trinajstić information content (AvgIpc) is 2.77. The number of nitrogens with one attached hydrogen (secondary N) is 1. The fourth-order valence-corrected chi connectivity index (χ4v) is 3.59. The lowest BCUT2D eigenvalue weighted by atomic mass is 9.78. The van der Waals surface area contributed by atoms with Crippen LogP contribution in [0.2, 0.25) is 0 Å². The van der Waals surface area contributed by atoms with Crippen molar-refractivity contribution in [3.63, 3.8) is 0 Å². The van der Waals surface area contributed by atoms with Crippen LogP contribution < -0.4 is 11.1 Å². The molecule has 2 heteroatoms. The van der Waals surface area contributed by atoms with Crippen molar-refractivity contribution in [1.29, 1.82) is 0 Å². The Kier molecular flexibility index (Phi) is 7.25. The molecule has 1 saturated carbocycles. The van der Waals surface area contributed by atoms with Crippen LogP contribution in [0, 0.1) is 17.3 Å². The lowest BCUT2D eigenvalue weighted by molar-refractivity contribution is 0.222. The molecule has 0 aromatic rings. The quantitative estimate of drug-likeness (QED) is 0.617. The van der Waals surface area contributed by atoms with Crippen molar-refractivity contribution >= 4 is 0 Å². The van der Waals surface area contributed by atoms with Gasteiger partial charge >= 0.3 is 0 Å². The van der Waals surface area contributed by atoms with Crippen LogP contribution in [0.5, 0.6) is 0 Å². The van der Waals surface area contributed by atoms with Gasteiger partial charge in [-0.2, -0.15) is 0 Å². The Morgan fingerprint density at radius 1 is 1.22 bits per heavy atom. The second-order valence-electron chi connectivity index (χ2n) is 6.78. The zero-order chi connectivity index (χ0) is 13.4. The Bertz CT molecular complexity index is 203. The molecule has 0 aromatic carbocycles. The van der Waals surface area contributed by atoms with Crippen LogP contribution in [-0.2, 0) is 0 Å². The fraction of sp³-hybridized carbons (Fsp3) is 1.00. The summed E-state index contributed by atoms with van der Waals surface area (Å²) in [5.74, 6) is 1.54. The SMILES string of the molecule is CCC(CN)CCNCC1(CC(C)C)CCCC1. The Morgan fingerprint density at radius 2 is 1.89 bits per heavy atom. The summed E-state index contributed by atoms with van der Waals surface area (Å²) in [5.41, 5.74) is 6.36. The molecule has 1 aliphatic carbocycles. The normalized spacial score (nSPS) is 20.5. The van der Waals surface area contributed by atoms with E-state index >= 15 is 0 Å². The van der Waals surface area contributed by atoms with Gasteiger partial charge < -0.3 is 11.1 Å². The van der Waals surface area contributed by atoms with Gasteiger partial charge in [0.25, 0.3) is 0 Å². The molecule has 0 aliphatic heterocycles. The summed E-state index contributed by atoms with van der Waals surface area (Å²) in [4.78, 5) is 0. The highest BCUT2D eigenvalue weighted by Crippen LogP contribution is 2.42. The Hall–Kier alpha value is -0.0800. The van der Waals surface area contributed by atoms with E-state index in [1.807, 2.05) is 0 Å². The second kappa shape index (κ2) is 8.16. The average molecular weight is 254 g/mol. The van der Waals surface area contributed by atoms with E-state index in [0.29, 0.717) is 11.3 Å². The largest absolute Gasteiger partial charge is 0.330 e. The van der Waals surface area contributed by atoms with E-state index in [4.69, 9.17) is 5.73 Å². The van der Waals surface area contributed by atoms with Crippen LogP contribution in [0.15, 0.2) is 0 Å². The van der Waals surface area contributed by atoms with Crippen LogP contribution in [0.4, 0.5) is 0 Å². The van der Waals surface area contributed by atoms with Gasteiger partial charge in [0.1, 0.15) is 0 Å². The molecule has 1 aliphatic rings. The second-order valence-corrected chi connectivity index (χ2v) is 6.78. The minimum absolute atomic E-state index is 0.610. The lowest BCUT2D eigenvalue weighted by Crippen LogP contribution is -2.34. The molecule has 1 atom stereocenters. The van der Waals surface area contributed by atoms with Crippen LogP contribution in [-0.4, -0.2) is 19.6 Å². The molecule has 108 valence electrons. The van der Waals surface area contributed by atoms with Crippen molar-refractivity contribution in [2.75, 3.05) is 19.6 Å². The van der Waals surface area contributed by atoms with Crippen LogP contribution in [0.25, 0.3) is 0 Å². The molecule has 0 bridgehead atoms. The standard InChI is InChI=1S/C16H34N2/c1-4-15(12-17)7-10-18-13-16(11-14(2)3)8-5-6-9-16/h14-15,18H,4-13,17H2,1-3H3. The third-order valence-corrected chi connectivity index (χ3v) is 4.65. The maximum atomic E-state index is 5.75. The first kappa shape index (κ1) is 16.0. The predicted molar refractivity (Wildman–Crippen MR) is 80.7 cm³/mol. The summed E-state index contributed by atoms with van der Waals surface area (Å²) in [6.07, 6.45) is 9.61.